The van der Waals surface area contributed by atoms with E-state index in [1.54, 1.807) is 24.0 Å². The number of halogens is 4. The number of amides is 2. The van der Waals surface area contributed by atoms with Crippen molar-refractivity contribution in [1.82, 2.24) is 14.5 Å². The molecular weight excluding hydrogens is 685 g/mol. The van der Waals surface area contributed by atoms with Gasteiger partial charge in [-0.15, -0.1) is 0 Å². The van der Waals surface area contributed by atoms with E-state index in [1.807, 2.05) is 13.8 Å². The molecule has 0 unspecified atom stereocenters. The highest BCUT2D eigenvalue weighted by atomic mass is 35.5. The van der Waals surface area contributed by atoms with Gasteiger partial charge in [0.25, 0.3) is 11.8 Å². The maximum atomic E-state index is 13.4. The van der Waals surface area contributed by atoms with Gasteiger partial charge in [0, 0.05) is 42.7 Å². The zero-order chi connectivity index (χ0) is 36.2. The fourth-order valence-corrected chi connectivity index (χ4v) is 7.47. The largest absolute Gasteiger partial charge is 0.477 e. The second kappa shape index (κ2) is 13.0. The molecule has 15 heteroatoms. The summed E-state index contributed by atoms with van der Waals surface area (Å²) in [5.74, 6) is -0.661. The van der Waals surface area contributed by atoms with Gasteiger partial charge in [-0.1, -0.05) is 11.6 Å². The lowest BCUT2D eigenvalue weighted by molar-refractivity contribution is -0.234. The summed E-state index contributed by atoms with van der Waals surface area (Å²) in [7, 11) is -3.89. The molecule has 2 amide bonds. The van der Waals surface area contributed by atoms with Crippen LogP contribution >= 0.6 is 11.6 Å². The third-order valence-electron chi connectivity index (χ3n) is 9.52. The molecule has 0 atom stereocenters. The van der Waals surface area contributed by atoms with E-state index in [1.165, 1.54) is 28.6 Å². The quantitative estimate of drug-likeness (QED) is 0.395. The number of nitrogens with zero attached hydrogens (tertiary/aromatic N) is 3. The van der Waals surface area contributed by atoms with Gasteiger partial charge < -0.3 is 20.1 Å². The minimum absolute atomic E-state index is 0.0136. The van der Waals surface area contributed by atoms with Gasteiger partial charge in [-0.05, 0) is 113 Å². The summed E-state index contributed by atoms with van der Waals surface area (Å²) in [5, 5.41) is 14.0. The molecule has 3 aliphatic rings. The zero-order valence-corrected chi connectivity index (χ0v) is 29.5. The van der Waals surface area contributed by atoms with Crippen LogP contribution in [0.4, 0.5) is 13.2 Å². The molecule has 2 aromatic rings. The average Bonchev–Trinajstić information content (AvgIpc) is 3.31. The highest BCUT2D eigenvalue weighted by Crippen LogP contribution is 2.38. The van der Waals surface area contributed by atoms with Crippen molar-refractivity contribution in [3.05, 3.63) is 68.6 Å². The van der Waals surface area contributed by atoms with Crippen molar-refractivity contribution < 1.29 is 41.0 Å². The van der Waals surface area contributed by atoms with E-state index in [0.29, 0.717) is 42.6 Å². The number of nitrogens with one attached hydrogen (secondary N) is 1. The molecule has 2 fully saturated rings. The Morgan fingerprint density at radius 1 is 1.04 bits per heavy atom. The second-order valence-electron chi connectivity index (χ2n) is 13.8. The Bertz CT molecular complexity index is 1800. The fraction of sp³-hybridized carbons (Fsp3) is 0.500. The monoisotopic (exact) mass is 724 g/mol. The van der Waals surface area contributed by atoms with Gasteiger partial charge in [0.05, 0.1) is 10.6 Å². The number of ether oxygens (including phenoxy) is 1. The van der Waals surface area contributed by atoms with E-state index < -0.39 is 38.8 Å². The number of carbonyl (C=O) groups is 2. The SMILES string of the molecule is Cc1cc(C(=O)N2CCC(C)(O)CC2)cc(C)c1C=CS(=O)(=O)N1CCC2(CC1)N=C(c1ccc(Cl)c(OC(C)(C)C(F)(F)F)c1)NC2=O. The van der Waals surface area contributed by atoms with Gasteiger partial charge in [-0.2, -0.15) is 17.5 Å². The summed E-state index contributed by atoms with van der Waals surface area (Å²) in [5.41, 5.74) is -1.61. The Labute approximate surface area is 289 Å². The summed E-state index contributed by atoms with van der Waals surface area (Å²) in [6.07, 6.45) is -1.98. The van der Waals surface area contributed by atoms with Crippen molar-refractivity contribution >= 4 is 45.4 Å². The van der Waals surface area contributed by atoms with Gasteiger partial charge in [0.1, 0.15) is 17.1 Å². The number of carbonyl (C=O) groups excluding carboxylic acids is 2. The lowest BCUT2D eigenvalue weighted by atomic mass is 9.89. The number of aryl methyl sites for hydroxylation is 2. The van der Waals surface area contributed by atoms with Crippen molar-refractivity contribution in [3.63, 3.8) is 0 Å². The maximum absolute atomic E-state index is 13.4. The lowest BCUT2D eigenvalue weighted by Gasteiger charge is -2.36. The number of aliphatic hydroxyl groups is 1. The maximum Gasteiger partial charge on any atom is 0.427 e. The molecule has 266 valence electrons. The summed E-state index contributed by atoms with van der Waals surface area (Å²) in [6, 6.07) is 7.62. The Balaban J connectivity index is 1.26. The molecule has 0 aromatic heterocycles. The molecule has 0 bridgehead atoms. The summed E-state index contributed by atoms with van der Waals surface area (Å²) in [4.78, 5) is 32.6. The van der Waals surface area contributed by atoms with Crippen molar-refractivity contribution in [2.24, 2.45) is 4.99 Å². The summed E-state index contributed by atoms with van der Waals surface area (Å²) >= 11 is 6.12. The average molecular weight is 725 g/mol. The van der Waals surface area contributed by atoms with Crippen molar-refractivity contribution in [3.8, 4) is 5.75 Å². The summed E-state index contributed by atoms with van der Waals surface area (Å²) < 4.78 is 73.5. The van der Waals surface area contributed by atoms with E-state index >= 15 is 0 Å². The lowest BCUT2D eigenvalue weighted by Crippen LogP contribution is -2.50. The first-order valence-electron chi connectivity index (χ1n) is 15.9. The topological polar surface area (TPSA) is 129 Å². The van der Waals surface area contributed by atoms with Crippen LogP contribution in [-0.2, 0) is 14.8 Å². The van der Waals surface area contributed by atoms with Crippen molar-refractivity contribution in [1.29, 1.82) is 0 Å². The van der Waals surface area contributed by atoms with Crippen LogP contribution in [-0.4, -0.2) is 89.5 Å². The predicted octanol–water partition coefficient (Wildman–Crippen LogP) is 5.38. The molecule has 2 N–H and O–H groups in total. The molecule has 2 aromatic carbocycles. The molecule has 49 heavy (non-hydrogen) atoms. The molecule has 3 aliphatic heterocycles. The van der Waals surface area contributed by atoms with Gasteiger partial charge in [-0.3, -0.25) is 14.6 Å². The molecule has 3 heterocycles. The first-order valence-corrected chi connectivity index (χ1v) is 17.8. The Hall–Kier alpha value is -3.46. The Kier molecular flexibility index (Phi) is 9.78. The van der Waals surface area contributed by atoms with Crippen LogP contribution in [0.1, 0.15) is 79.1 Å². The molecule has 0 saturated carbocycles. The predicted molar refractivity (Wildman–Crippen MR) is 180 cm³/mol. The number of hydrogen-bond donors (Lipinski definition) is 2. The molecule has 5 rings (SSSR count). The van der Waals surface area contributed by atoms with E-state index in [9.17, 15) is 36.3 Å². The molecule has 1 spiro atoms. The van der Waals surface area contributed by atoms with E-state index in [0.717, 1.165) is 30.4 Å². The summed E-state index contributed by atoms with van der Waals surface area (Å²) in [6.45, 7) is 8.07. The first-order chi connectivity index (χ1) is 22.6. The Morgan fingerprint density at radius 3 is 2.20 bits per heavy atom. The van der Waals surface area contributed by atoms with Crippen LogP contribution < -0.4 is 10.1 Å². The molecule has 0 aliphatic carbocycles. The van der Waals surface area contributed by atoms with Crippen LogP contribution in [0.5, 0.6) is 5.75 Å². The highest BCUT2D eigenvalue weighted by molar-refractivity contribution is 7.92. The third-order valence-corrected chi connectivity index (χ3v) is 11.4. The smallest absolute Gasteiger partial charge is 0.427 e. The van der Waals surface area contributed by atoms with E-state index in [2.05, 4.69) is 10.3 Å². The fourth-order valence-electron chi connectivity index (χ4n) is 6.14. The molecule has 0 radical (unpaired) electrons. The van der Waals surface area contributed by atoms with Crippen LogP contribution in [0.15, 0.2) is 40.7 Å². The van der Waals surface area contributed by atoms with E-state index in [-0.39, 0.29) is 48.4 Å². The van der Waals surface area contributed by atoms with Gasteiger partial charge in [-0.25, -0.2) is 8.42 Å². The number of benzene rings is 2. The van der Waals surface area contributed by atoms with Crippen LogP contribution in [0.2, 0.25) is 5.02 Å². The van der Waals surface area contributed by atoms with Crippen LogP contribution in [0, 0.1) is 13.8 Å². The minimum atomic E-state index is -4.67. The number of aliphatic imine (C=N–C) groups is 1. The molecule has 10 nitrogen and oxygen atoms in total. The number of alkyl halides is 3. The van der Waals surface area contributed by atoms with Crippen molar-refractivity contribution in [2.75, 3.05) is 26.2 Å². The molecular formula is C34H40ClF3N4O6S. The third kappa shape index (κ3) is 7.67. The number of sulfonamides is 1. The van der Waals surface area contributed by atoms with Crippen LogP contribution in [0.25, 0.3) is 6.08 Å². The van der Waals surface area contributed by atoms with Crippen molar-refractivity contribution in [2.45, 2.75) is 83.2 Å². The minimum Gasteiger partial charge on any atom is -0.477 e. The Morgan fingerprint density at radius 2 is 1.63 bits per heavy atom. The highest BCUT2D eigenvalue weighted by Gasteiger charge is 2.50. The van der Waals surface area contributed by atoms with Crippen LogP contribution in [0.3, 0.4) is 0 Å². The standard InChI is InChI=1S/C34H40ClF3N4O6S/c1-21-18-24(29(43)41-13-9-32(5,45)10-14-41)19-22(2)25(21)8-17-49(46,47)42-15-11-33(12-16-42)30(44)39-28(40-33)23-6-7-26(35)27(20-23)48-31(3,4)34(36,37)38/h6-8,17-20,45H,9-16H2,1-5H3,(H,39,40,44). The van der Waals surface area contributed by atoms with Gasteiger partial charge >= 0.3 is 6.18 Å². The number of rotatable bonds is 7. The van der Waals surface area contributed by atoms with Gasteiger partial charge in [0.15, 0.2) is 5.60 Å². The molecule has 2 saturated heterocycles. The number of likely N-dealkylation sites (tertiary alicyclic amines) is 1. The number of hydrogen-bond acceptors (Lipinski definition) is 7. The number of piperidine rings is 2. The number of amidine groups is 1. The first kappa shape index (κ1) is 36.8. The zero-order valence-electron chi connectivity index (χ0n) is 27.9. The van der Waals surface area contributed by atoms with E-state index in [4.69, 9.17) is 16.3 Å². The van der Waals surface area contributed by atoms with Gasteiger partial charge in [0.2, 0.25) is 10.0 Å². The second-order valence-corrected chi connectivity index (χ2v) is 16.0. The normalized spacial score (nSPS) is 20.1.